The molecule has 1 aliphatic rings. The summed E-state index contributed by atoms with van der Waals surface area (Å²) in [6.07, 6.45) is 1.43. The lowest BCUT2D eigenvalue weighted by atomic mass is 9.95. The van der Waals surface area contributed by atoms with E-state index in [4.69, 9.17) is 0 Å². The Morgan fingerprint density at radius 2 is 2.05 bits per heavy atom. The van der Waals surface area contributed by atoms with Crippen molar-refractivity contribution in [2.24, 2.45) is 5.92 Å². The van der Waals surface area contributed by atoms with Crippen molar-refractivity contribution >= 4 is 11.8 Å². The van der Waals surface area contributed by atoms with Gasteiger partial charge in [-0.3, -0.25) is 14.7 Å². The summed E-state index contributed by atoms with van der Waals surface area (Å²) < 4.78 is 0. The average molecular weight is 278 g/mol. The van der Waals surface area contributed by atoms with Gasteiger partial charge < -0.3 is 10.2 Å². The molecule has 1 aromatic rings. The van der Waals surface area contributed by atoms with Crippen molar-refractivity contribution in [2.75, 3.05) is 13.1 Å². The minimum atomic E-state index is -0.0583. The molecule has 0 saturated carbocycles. The number of aromatic nitrogens is 2. The Morgan fingerprint density at radius 3 is 2.55 bits per heavy atom. The van der Waals surface area contributed by atoms with Crippen LogP contribution in [0.3, 0.4) is 0 Å². The van der Waals surface area contributed by atoms with E-state index < -0.39 is 0 Å². The molecule has 2 amide bonds. The number of rotatable bonds is 3. The summed E-state index contributed by atoms with van der Waals surface area (Å²) in [5.74, 6) is 0.0575. The number of aromatic amines is 1. The fourth-order valence-electron chi connectivity index (χ4n) is 2.44. The molecule has 6 heteroatoms. The number of hydrogen-bond acceptors (Lipinski definition) is 3. The maximum atomic E-state index is 12.2. The second-order valence-electron chi connectivity index (χ2n) is 5.67. The van der Waals surface area contributed by atoms with Gasteiger partial charge in [-0.05, 0) is 39.7 Å². The van der Waals surface area contributed by atoms with Crippen LogP contribution in [0, 0.1) is 12.8 Å². The quantitative estimate of drug-likeness (QED) is 0.869. The zero-order valence-corrected chi connectivity index (χ0v) is 12.3. The van der Waals surface area contributed by atoms with E-state index in [0.29, 0.717) is 31.6 Å². The topological polar surface area (TPSA) is 78.1 Å². The first-order valence-corrected chi connectivity index (χ1v) is 7.09. The third-order valence-corrected chi connectivity index (χ3v) is 3.51. The van der Waals surface area contributed by atoms with Crippen molar-refractivity contribution in [3.8, 4) is 0 Å². The molecule has 6 nitrogen and oxygen atoms in total. The van der Waals surface area contributed by atoms with Crippen molar-refractivity contribution < 1.29 is 9.59 Å². The van der Waals surface area contributed by atoms with Gasteiger partial charge >= 0.3 is 0 Å². The van der Waals surface area contributed by atoms with Gasteiger partial charge in [-0.1, -0.05) is 0 Å². The van der Waals surface area contributed by atoms with Crippen molar-refractivity contribution in [1.82, 2.24) is 20.4 Å². The highest BCUT2D eigenvalue weighted by molar-refractivity contribution is 5.92. The lowest BCUT2D eigenvalue weighted by molar-refractivity contribution is -0.126. The number of hydrogen-bond donors (Lipinski definition) is 2. The summed E-state index contributed by atoms with van der Waals surface area (Å²) in [4.78, 5) is 25.9. The Kier molecular flexibility index (Phi) is 4.42. The van der Waals surface area contributed by atoms with E-state index in [9.17, 15) is 9.59 Å². The van der Waals surface area contributed by atoms with E-state index in [1.165, 1.54) is 0 Å². The molecule has 0 spiro atoms. The van der Waals surface area contributed by atoms with Crippen molar-refractivity contribution in [2.45, 2.75) is 39.7 Å². The summed E-state index contributed by atoms with van der Waals surface area (Å²) in [5, 5.41) is 9.70. The first kappa shape index (κ1) is 14.6. The molecule has 0 radical (unpaired) electrons. The van der Waals surface area contributed by atoms with Crippen LogP contribution in [0.4, 0.5) is 0 Å². The molecule has 2 rings (SSSR count). The third kappa shape index (κ3) is 3.37. The molecule has 20 heavy (non-hydrogen) atoms. The lowest BCUT2D eigenvalue weighted by Crippen LogP contribution is -2.44. The van der Waals surface area contributed by atoms with Crippen LogP contribution < -0.4 is 5.32 Å². The number of nitrogens with zero attached hydrogens (tertiary/aromatic N) is 2. The van der Waals surface area contributed by atoms with Gasteiger partial charge in [0.2, 0.25) is 5.91 Å². The van der Waals surface area contributed by atoms with Gasteiger partial charge in [0, 0.05) is 30.7 Å². The fraction of sp³-hybridized carbons (Fsp3) is 0.643. The monoisotopic (exact) mass is 278 g/mol. The van der Waals surface area contributed by atoms with Gasteiger partial charge in [-0.25, -0.2) is 0 Å². The van der Waals surface area contributed by atoms with Crippen LogP contribution in [0.15, 0.2) is 6.07 Å². The Hall–Kier alpha value is -1.85. The predicted octanol–water partition coefficient (Wildman–Crippen LogP) is 1.09. The fourth-order valence-corrected chi connectivity index (χ4v) is 2.44. The van der Waals surface area contributed by atoms with Crippen molar-refractivity contribution in [3.05, 3.63) is 17.5 Å². The number of nitrogens with one attached hydrogen (secondary N) is 2. The van der Waals surface area contributed by atoms with E-state index in [2.05, 4.69) is 15.5 Å². The number of aryl methyl sites for hydroxylation is 1. The van der Waals surface area contributed by atoms with Gasteiger partial charge in [0.05, 0.1) is 0 Å². The van der Waals surface area contributed by atoms with Crippen molar-refractivity contribution in [1.29, 1.82) is 0 Å². The highest BCUT2D eigenvalue weighted by Gasteiger charge is 2.28. The van der Waals surface area contributed by atoms with Crippen LogP contribution in [0.5, 0.6) is 0 Å². The molecule has 1 saturated heterocycles. The summed E-state index contributed by atoms with van der Waals surface area (Å²) in [6.45, 7) is 7.00. The summed E-state index contributed by atoms with van der Waals surface area (Å²) in [5.41, 5.74) is 1.33. The maximum absolute atomic E-state index is 12.2. The lowest BCUT2D eigenvalue weighted by Gasteiger charge is -2.31. The molecule has 110 valence electrons. The second-order valence-corrected chi connectivity index (χ2v) is 5.67. The predicted molar refractivity (Wildman–Crippen MR) is 75.2 cm³/mol. The van der Waals surface area contributed by atoms with Crippen LogP contribution in [0.2, 0.25) is 0 Å². The largest absolute Gasteiger partial charge is 0.354 e. The van der Waals surface area contributed by atoms with E-state index in [0.717, 1.165) is 5.69 Å². The SMILES string of the molecule is Cc1cc(C(=O)N2CCC(C(=O)NC(C)C)CC2)n[nH]1. The van der Waals surface area contributed by atoms with Gasteiger partial charge in [0.1, 0.15) is 5.69 Å². The summed E-state index contributed by atoms with van der Waals surface area (Å²) in [6, 6.07) is 1.91. The molecule has 2 N–H and O–H groups in total. The number of likely N-dealkylation sites (tertiary alicyclic amines) is 1. The van der Waals surface area contributed by atoms with E-state index in [-0.39, 0.29) is 23.8 Å². The molecule has 1 fully saturated rings. The van der Waals surface area contributed by atoms with Gasteiger partial charge in [0.25, 0.3) is 5.91 Å². The minimum Gasteiger partial charge on any atom is -0.354 e. The van der Waals surface area contributed by atoms with E-state index in [1.54, 1.807) is 11.0 Å². The molecule has 0 bridgehead atoms. The number of piperidine rings is 1. The molecule has 0 aliphatic carbocycles. The van der Waals surface area contributed by atoms with E-state index >= 15 is 0 Å². The standard InChI is InChI=1S/C14H22N4O2/c1-9(2)15-13(19)11-4-6-18(7-5-11)14(20)12-8-10(3)16-17-12/h8-9,11H,4-7H2,1-3H3,(H,15,19)(H,16,17). The van der Waals surface area contributed by atoms with Crippen LogP contribution >= 0.6 is 0 Å². The summed E-state index contributed by atoms with van der Waals surface area (Å²) >= 11 is 0. The van der Waals surface area contributed by atoms with Crippen LogP contribution in [0.25, 0.3) is 0 Å². The van der Waals surface area contributed by atoms with Gasteiger partial charge in [0.15, 0.2) is 0 Å². The molecular weight excluding hydrogens is 256 g/mol. The normalized spacial score (nSPS) is 16.5. The van der Waals surface area contributed by atoms with E-state index in [1.807, 2.05) is 20.8 Å². The Labute approximate surface area is 118 Å². The van der Waals surface area contributed by atoms with Crippen LogP contribution in [0.1, 0.15) is 42.9 Å². The molecule has 0 unspecified atom stereocenters. The zero-order valence-electron chi connectivity index (χ0n) is 12.3. The zero-order chi connectivity index (χ0) is 14.7. The maximum Gasteiger partial charge on any atom is 0.274 e. The molecule has 0 atom stereocenters. The average Bonchev–Trinajstić information content (AvgIpc) is 2.84. The molecular formula is C14H22N4O2. The third-order valence-electron chi connectivity index (χ3n) is 3.51. The first-order valence-electron chi connectivity index (χ1n) is 7.09. The minimum absolute atomic E-state index is 0.0161. The number of H-pyrrole nitrogens is 1. The Balaban J connectivity index is 1.88. The Bertz CT molecular complexity index is 487. The highest BCUT2D eigenvalue weighted by atomic mass is 16.2. The molecule has 2 heterocycles. The number of amides is 2. The second kappa shape index (κ2) is 6.07. The molecule has 1 aliphatic heterocycles. The number of carbonyl (C=O) groups is 2. The van der Waals surface area contributed by atoms with Gasteiger partial charge in [-0.15, -0.1) is 0 Å². The smallest absolute Gasteiger partial charge is 0.274 e. The number of carbonyl (C=O) groups excluding carboxylic acids is 2. The van der Waals surface area contributed by atoms with Crippen LogP contribution in [-0.2, 0) is 4.79 Å². The van der Waals surface area contributed by atoms with Crippen LogP contribution in [-0.4, -0.2) is 46.0 Å². The highest BCUT2D eigenvalue weighted by Crippen LogP contribution is 2.19. The molecule has 0 aromatic carbocycles. The van der Waals surface area contributed by atoms with Crippen molar-refractivity contribution in [3.63, 3.8) is 0 Å². The van der Waals surface area contributed by atoms with Gasteiger partial charge in [-0.2, -0.15) is 5.10 Å². The Morgan fingerprint density at radius 1 is 1.40 bits per heavy atom. The summed E-state index contributed by atoms with van der Waals surface area (Å²) in [7, 11) is 0. The first-order chi connectivity index (χ1) is 9.47. The molecule has 1 aromatic heterocycles.